The van der Waals surface area contributed by atoms with Crippen LogP contribution in [0.4, 0.5) is 11.9 Å². The second kappa shape index (κ2) is 10.2. The van der Waals surface area contributed by atoms with Crippen LogP contribution in [0.1, 0.15) is 39.0 Å². The molecule has 0 fully saturated rings. The van der Waals surface area contributed by atoms with Crippen LogP contribution in [0.25, 0.3) is 0 Å². The van der Waals surface area contributed by atoms with E-state index in [-0.39, 0.29) is 6.61 Å². The van der Waals surface area contributed by atoms with Crippen LogP contribution in [0.3, 0.4) is 0 Å². The van der Waals surface area contributed by atoms with Crippen LogP contribution in [0.15, 0.2) is 0 Å². The van der Waals surface area contributed by atoms with Gasteiger partial charge in [0.2, 0.25) is 11.9 Å². The zero-order valence-electron chi connectivity index (χ0n) is 12.4. The van der Waals surface area contributed by atoms with Crippen molar-refractivity contribution >= 4 is 11.9 Å². The molecule has 0 spiro atoms. The number of nitrogens with one attached hydrogen (secondary N) is 2. The zero-order valence-corrected chi connectivity index (χ0v) is 12.4. The van der Waals surface area contributed by atoms with Gasteiger partial charge >= 0.3 is 6.01 Å². The first-order valence-corrected chi connectivity index (χ1v) is 7.21. The molecule has 20 heavy (non-hydrogen) atoms. The van der Waals surface area contributed by atoms with Crippen molar-refractivity contribution < 1.29 is 9.84 Å². The Kier molecular flexibility index (Phi) is 8.37. The third-order valence-electron chi connectivity index (χ3n) is 2.64. The van der Waals surface area contributed by atoms with Crippen LogP contribution in [0, 0.1) is 0 Å². The van der Waals surface area contributed by atoms with Gasteiger partial charge in [0, 0.05) is 20.2 Å². The normalized spacial score (nSPS) is 10.3. The van der Waals surface area contributed by atoms with Crippen LogP contribution >= 0.6 is 0 Å². The Morgan fingerprint density at radius 2 is 1.80 bits per heavy atom. The smallest absolute Gasteiger partial charge is 0.323 e. The van der Waals surface area contributed by atoms with Crippen molar-refractivity contribution in [3.63, 3.8) is 0 Å². The van der Waals surface area contributed by atoms with Crippen molar-refractivity contribution in [1.82, 2.24) is 15.0 Å². The maximum atomic E-state index is 8.70. The summed E-state index contributed by atoms with van der Waals surface area (Å²) in [5, 5.41) is 14.8. The predicted molar refractivity (Wildman–Crippen MR) is 79.2 cm³/mol. The highest BCUT2D eigenvalue weighted by Gasteiger charge is 2.05. The maximum Gasteiger partial charge on any atom is 0.323 e. The lowest BCUT2D eigenvalue weighted by Crippen LogP contribution is -2.10. The molecule has 7 nitrogen and oxygen atoms in total. The highest BCUT2D eigenvalue weighted by Crippen LogP contribution is 2.11. The number of aromatic nitrogens is 3. The molecule has 0 aliphatic rings. The lowest BCUT2D eigenvalue weighted by Gasteiger charge is -2.09. The predicted octanol–water partition coefficient (Wildman–Crippen LogP) is 1.67. The second-order valence-corrected chi connectivity index (χ2v) is 4.43. The molecule has 114 valence electrons. The summed E-state index contributed by atoms with van der Waals surface area (Å²) in [5.74, 6) is 1.02. The van der Waals surface area contributed by atoms with Crippen molar-refractivity contribution in [2.75, 3.05) is 37.4 Å². The topological polar surface area (TPSA) is 92.2 Å². The van der Waals surface area contributed by atoms with Gasteiger partial charge < -0.3 is 20.5 Å². The second-order valence-electron chi connectivity index (χ2n) is 4.43. The molecule has 1 heterocycles. The van der Waals surface area contributed by atoms with Crippen molar-refractivity contribution in [2.45, 2.75) is 39.0 Å². The zero-order chi connectivity index (χ0) is 14.6. The van der Waals surface area contributed by atoms with E-state index in [2.05, 4.69) is 25.6 Å². The summed E-state index contributed by atoms with van der Waals surface area (Å²) in [5.41, 5.74) is 0. The number of rotatable bonds is 11. The number of anilines is 2. The fourth-order valence-electron chi connectivity index (χ4n) is 1.60. The van der Waals surface area contributed by atoms with E-state index in [0.29, 0.717) is 24.5 Å². The summed E-state index contributed by atoms with van der Waals surface area (Å²) in [4.78, 5) is 12.6. The Hall–Kier alpha value is -1.63. The molecule has 0 radical (unpaired) electrons. The molecular weight excluding hydrogens is 258 g/mol. The Morgan fingerprint density at radius 3 is 2.50 bits per heavy atom. The van der Waals surface area contributed by atoms with Crippen LogP contribution in [-0.4, -0.2) is 46.9 Å². The number of ether oxygens (including phenoxy) is 1. The minimum Gasteiger partial charge on any atom is -0.463 e. The Morgan fingerprint density at radius 1 is 1.05 bits per heavy atom. The average Bonchev–Trinajstić information content (AvgIpc) is 2.48. The first-order valence-electron chi connectivity index (χ1n) is 7.21. The van der Waals surface area contributed by atoms with Gasteiger partial charge in [0.25, 0.3) is 0 Å². The average molecular weight is 283 g/mol. The molecule has 0 unspecified atom stereocenters. The van der Waals surface area contributed by atoms with Crippen LogP contribution < -0.4 is 15.4 Å². The van der Waals surface area contributed by atoms with Gasteiger partial charge in [-0.2, -0.15) is 15.0 Å². The highest BCUT2D eigenvalue weighted by molar-refractivity contribution is 5.35. The molecule has 0 amide bonds. The third-order valence-corrected chi connectivity index (χ3v) is 2.64. The lowest BCUT2D eigenvalue weighted by molar-refractivity contribution is 0.283. The summed E-state index contributed by atoms with van der Waals surface area (Å²) in [6.45, 7) is 3.69. The monoisotopic (exact) mass is 283 g/mol. The molecule has 7 heteroatoms. The Bertz CT molecular complexity index is 376. The Labute approximate surface area is 120 Å². The number of hydrogen-bond donors (Lipinski definition) is 3. The summed E-state index contributed by atoms with van der Waals surface area (Å²) in [6.07, 6.45) is 4.92. The number of aliphatic hydroxyl groups excluding tert-OH is 1. The summed E-state index contributed by atoms with van der Waals surface area (Å²) >= 11 is 0. The molecule has 0 saturated heterocycles. The van der Waals surface area contributed by atoms with Gasteiger partial charge in [-0.1, -0.05) is 19.8 Å². The third kappa shape index (κ3) is 6.51. The molecule has 0 aromatic carbocycles. The van der Waals surface area contributed by atoms with Crippen LogP contribution in [0.2, 0.25) is 0 Å². The van der Waals surface area contributed by atoms with E-state index in [9.17, 15) is 0 Å². The van der Waals surface area contributed by atoms with E-state index in [1.807, 2.05) is 6.92 Å². The Balaban J connectivity index is 2.42. The summed E-state index contributed by atoms with van der Waals surface area (Å²) < 4.78 is 5.43. The molecule has 1 aromatic rings. The maximum absolute atomic E-state index is 8.70. The summed E-state index contributed by atoms with van der Waals surface area (Å²) in [6, 6.07) is 0.342. The minimum atomic E-state index is 0.268. The van der Waals surface area contributed by atoms with Gasteiger partial charge in [-0.05, 0) is 19.3 Å². The minimum absolute atomic E-state index is 0.268. The van der Waals surface area contributed by atoms with Crippen LogP contribution in [0.5, 0.6) is 6.01 Å². The standard InChI is InChI=1S/C13H25N5O2/c1-3-10-20-13-17-11(14-2)16-12(18-13)15-8-6-4-5-7-9-19/h19H,3-10H2,1-2H3,(H2,14,15,16,17,18). The van der Waals surface area contributed by atoms with E-state index < -0.39 is 0 Å². The molecule has 0 aliphatic carbocycles. The van der Waals surface area contributed by atoms with Gasteiger partial charge in [-0.25, -0.2) is 0 Å². The van der Waals surface area contributed by atoms with E-state index in [0.717, 1.165) is 38.6 Å². The molecule has 0 aliphatic heterocycles. The first kappa shape index (κ1) is 16.4. The van der Waals surface area contributed by atoms with E-state index in [1.54, 1.807) is 7.05 Å². The largest absolute Gasteiger partial charge is 0.463 e. The van der Waals surface area contributed by atoms with E-state index in [4.69, 9.17) is 9.84 Å². The lowest BCUT2D eigenvalue weighted by atomic mass is 10.2. The molecular formula is C13H25N5O2. The first-order chi connectivity index (χ1) is 9.80. The molecule has 3 N–H and O–H groups in total. The van der Waals surface area contributed by atoms with Crippen LogP contribution in [-0.2, 0) is 0 Å². The number of aliphatic hydroxyl groups is 1. The van der Waals surface area contributed by atoms with Crippen molar-refractivity contribution in [3.8, 4) is 6.01 Å². The van der Waals surface area contributed by atoms with Gasteiger partial charge in [-0.15, -0.1) is 0 Å². The van der Waals surface area contributed by atoms with Crippen molar-refractivity contribution in [2.24, 2.45) is 0 Å². The molecule has 0 bridgehead atoms. The fraction of sp³-hybridized carbons (Fsp3) is 0.769. The fourth-order valence-corrected chi connectivity index (χ4v) is 1.60. The van der Waals surface area contributed by atoms with Crippen molar-refractivity contribution in [3.05, 3.63) is 0 Å². The molecule has 0 saturated carbocycles. The molecule has 1 aromatic heterocycles. The SMILES string of the molecule is CCCOc1nc(NC)nc(NCCCCCCO)n1. The number of unbranched alkanes of at least 4 members (excludes halogenated alkanes) is 3. The number of hydrogen-bond acceptors (Lipinski definition) is 7. The van der Waals surface area contributed by atoms with Gasteiger partial charge in [0.05, 0.1) is 6.61 Å². The van der Waals surface area contributed by atoms with Crippen molar-refractivity contribution in [1.29, 1.82) is 0 Å². The van der Waals surface area contributed by atoms with E-state index >= 15 is 0 Å². The number of nitrogens with zero attached hydrogens (tertiary/aromatic N) is 3. The highest BCUT2D eigenvalue weighted by atomic mass is 16.5. The van der Waals surface area contributed by atoms with E-state index in [1.165, 1.54) is 0 Å². The van der Waals surface area contributed by atoms with Gasteiger partial charge in [0.1, 0.15) is 0 Å². The molecule has 0 atom stereocenters. The summed E-state index contributed by atoms with van der Waals surface area (Å²) in [7, 11) is 1.76. The van der Waals surface area contributed by atoms with Gasteiger partial charge in [0.15, 0.2) is 0 Å². The van der Waals surface area contributed by atoms with Gasteiger partial charge in [-0.3, -0.25) is 0 Å². The quantitative estimate of drug-likeness (QED) is 0.532. The molecule has 1 rings (SSSR count).